The fourth-order valence-electron chi connectivity index (χ4n) is 1.57. The molecule has 1 rings (SSSR count). The van der Waals surface area contributed by atoms with Crippen molar-refractivity contribution in [3.05, 3.63) is 27.7 Å². The van der Waals surface area contributed by atoms with Crippen LogP contribution in [0.2, 0.25) is 0 Å². The number of carbonyl (C=O) groups excluding carboxylic acids is 1. The van der Waals surface area contributed by atoms with Crippen LogP contribution < -0.4 is 4.74 Å². The third kappa shape index (κ3) is 4.55. The standard InChI is InChI=1S/C13H15BrO5/c1-8-6-9(14)7-10(13(16)17)12(8)19-5-3-4-11(15)18-2/h6-7H,3-5H2,1-2H3,(H,16,17). The number of carbonyl (C=O) groups is 2. The summed E-state index contributed by atoms with van der Waals surface area (Å²) in [4.78, 5) is 22.1. The smallest absolute Gasteiger partial charge is 0.339 e. The first-order valence-electron chi connectivity index (χ1n) is 5.68. The molecule has 0 amide bonds. The lowest BCUT2D eigenvalue weighted by Crippen LogP contribution is -2.08. The number of aromatic carboxylic acids is 1. The van der Waals surface area contributed by atoms with Crippen molar-refractivity contribution in [2.75, 3.05) is 13.7 Å². The van der Waals surface area contributed by atoms with Crippen molar-refractivity contribution in [3.63, 3.8) is 0 Å². The lowest BCUT2D eigenvalue weighted by molar-refractivity contribution is -0.140. The summed E-state index contributed by atoms with van der Waals surface area (Å²) in [5.41, 5.74) is 0.829. The van der Waals surface area contributed by atoms with Gasteiger partial charge in [0.25, 0.3) is 0 Å². The molecule has 0 saturated heterocycles. The van der Waals surface area contributed by atoms with Gasteiger partial charge in [0.1, 0.15) is 11.3 Å². The molecule has 1 N–H and O–H groups in total. The van der Waals surface area contributed by atoms with E-state index in [1.165, 1.54) is 13.2 Å². The van der Waals surface area contributed by atoms with Crippen molar-refractivity contribution in [3.8, 4) is 5.75 Å². The fraction of sp³-hybridized carbons (Fsp3) is 0.385. The minimum Gasteiger partial charge on any atom is -0.492 e. The van der Waals surface area contributed by atoms with E-state index in [0.717, 1.165) is 5.56 Å². The van der Waals surface area contributed by atoms with Crippen LogP contribution in [0.4, 0.5) is 0 Å². The quantitative estimate of drug-likeness (QED) is 0.641. The zero-order valence-corrected chi connectivity index (χ0v) is 12.3. The van der Waals surface area contributed by atoms with Crippen molar-refractivity contribution in [2.24, 2.45) is 0 Å². The number of ether oxygens (including phenoxy) is 2. The predicted molar refractivity (Wildman–Crippen MR) is 72.6 cm³/mol. The Kier molecular flexibility index (Phi) is 5.82. The topological polar surface area (TPSA) is 72.8 Å². The molecule has 104 valence electrons. The lowest BCUT2D eigenvalue weighted by atomic mass is 10.1. The number of hydrogen-bond acceptors (Lipinski definition) is 4. The Labute approximate surface area is 119 Å². The van der Waals surface area contributed by atoms with Gasteiger partial charge in [-0.05, 0) is 31.0 Å². The highest BCUT2D eigenvalue weighted by atomic mass is 79.9. The largest absolute Gasteiger partial charge is 0.492 e. The van der Waals surface area contributed by atoms with Crippen LogP contribution in [0.25, 0.3) is 0 Å². The normalized spacial score (nSPS) is 10.1. The highest BCUT2D eigenvalue weighted by Gasteiger charge is 2.15. The Morgan fingerprint density at radius 2 is 2.05 bits per heavy atom. The molecular weight excluding hydrogens is 316 g/mol. The first-order valence-corrected chi connectivity index (χ1v) is 6.48. The molecule has 0 atom stereocenters. The van der Waals surface area contributed by atoms with E-state index >= 15 is 0 Å². The number of rotatable bonds is 6. The van der Waals surface area contributed by atoms with E-state index in [9.17, 15) is 9.59 Å². The summed E-state index contributed by atoms with van der Waals surface area (Å²) in [6, 6.07) is 3.27. The molecule has 0 aliphatic rings. The van der Waals surface area contributed by atoms with E-state index in [1.807, 2.05) is 0 Å². The van der Waals surface area contributed by atoms with Crippen LogP contribution >= 0.6 is 15.9 Å². The van der Waals surface area contributed by atoms with Crippen LogP contribution in [0.1, 0.15) is 28.8 Å². The molecule has 0 aromatic heterocycles. The minimum absolute atomic E-state index is 0.102. The maximum Gasteiger partial charge on any atom is 0.339 e. The van der Waals surface area contributed by atoms with Gasteiger partial charge >= 0.3 is 11.9 Å². The van der Waals surface area contributed by atoms with Gasteiger partial charge in [0.15, 0.2) is 0 Å². The van der Waals surface area contributed by atoms with Gasteiger partial charge in [0.2, 0.25) is 0 Å². The number of benzene rings is 1. The molecule has 0 saturated carbocycles. The Balaban J connectivity index is 2.72. The second kappa shape index (κ2) is 7.13. The predicted octanol–water partition coefficient (Wildman–Crippen LogP) is 2.79. The lowest BCUT2D eigenvalue weighted by Gasteiger charge is -2.12. The second-order valence-electron chi connectivity index (χ2n) is 3.93. The summed E-state index contributed by atoms with van der Waals surface area (Å²) in [6.45, 7) is 2.03. The van der Waals surface area contributed by atoms with E-state index < -0.39 is 5.97 Å². The van der Waals surface area contributed by atoms with E-state index in [-0.39, 0.29) is 24.6 Å². The van der Waals surface area contributed by atoms with Gasteiger partial charge in [0, 0.05) is 10.9 Å². The number of aryl methyl sites for hydroxylation is 1. The highest BCUT2D eigenvalue weighted by Crippen LogP contribution is 2.28. The average Bonchev–Trinajstić information content (AvgIpc) is 2.35. The zero-order chi connectivity index (χ0) is 14.4. The van der Waals surface area contributed by atoms with Gasteiger partial charge in [-0.2, -0.15) is 0 Å². The molecule has 19 heavy (non-hydrogen) atoms. The van der Waals surface area contributed by atoms with Crippen LogP contribution in [0.3, 0.4) is 0 Å². The summed E-state index contributed by atoms with van der Waals surface area (Å²) >= 11 is 3.25. The number of hydrogen-bond donors (Lipinski definition) is 1. The summed E-state index contributed by atoms with van der Waals surface area (Å²) < 4.78 is 10.7. The van der Waals surface area contributed by atoms with Crippen LogP contribution in [0, 0.1) is 6.92 Å². The number of halogens is 1. The summed E-state index contributed by atoms with van der Waals surface area (Å²) in [7, 11) is 1.32. The third-order valence-electron chi connectivity index (χ3n) is 2.47. The van der Waals surface area contributed by atoms with Gasteiger partial charge < -0.3 is 14.6 Å². The van der Waals surface area contributed by atoms with Crippen LogP contribution in [0.5, 0.6) is 5.75 Å². The average molecular weight is 331 g/mol. The molecule has 0 aliphatic heterocycles. The maximum absolute atomic E-state index is 11.1. The maximum atomic E-state index is 11.1. The first kappa shape index (κ1) is 15.5. The van der Waals surface area contributed by atoms with Gasteiger partial charge in [-0.3, -0.25) is 4.79 Å². The molecule has 0 spiro atoms. The molecule has 0 aliphatic carbocycles. The Hall–Kier alpha value is -1.56. The molecule has 0 unspecified atom stereocenters. The molecule has 1 aromatic rings. The third-order valence-corrected chi connectivity index (χ3v) is 2.93. The van der Waals surface area contributed by atoms with Gasteiger partial charge in [-0.15, -0.1) is 0 Å². The number of esters is 1. The Bertz CT molecular complexity index is 484. The minimum atomic E-state index is -1.05. The number of carboxylic acid groups (broad SMARTS) is 1. The summed E-state index contributed by atoms with van der Waals surface area (Å²) in [5, 5.41) is 9.12. The molecule has 0 heterocycles. The van der Waals surface area contributed by atoms with Crippen molar-refractivity contribution >= 4 is 27.9 Å². The summed E-state index contributed by atoms with van der Waals surface area (Å²) in [6.07, 6.45) is 0.718. The molecule has 6 heteroatoms. The molecule has 0 fully saturated rings. The van der Waals surface area contributed by atoms with Gasteiger partial charge in [0.05, 0.1) is 13.7 Å². The SMILES string of the molecule is COC(=O)CCCOc1c(C)cc(Br)cc1C(=O)O. The molecule has 0 radical (unpaired) electrons. The van der Waals surface area contributed by atoms with Crippen LogP contribution in [0.15, 0.2) is 16.6 Å². The van der Waals surface area contributed by atoms with E-state index in [4.69, 9.17) is 9.84 Å². The Morgan fingerprint density at radius 3 is 2.63 bits per heavy atom. The molecule has 1 aromatic carbocycles. The van der Waals surface area contributed by atoms with Crippen molar-refractivity contribution < 1.29 is 24.2 Å². The Morgan fingerprint density at radius 1 is 1.37 bits per heavy atom. The zero-order valence-electron chi connectivity index (χ0n) is 10.7. The fourth-order valence-corrected chi connectivity index (χ4v) is 2.15. The monoisotopic (exact) mass is 330 g/mol. The van der Waals surface area contributed by atoms with E-state index in [0.29, 0.717) is 16.6 Å². The van der Waals surface area contributed by atoms with Crippen molar-refractivity contribution in [1.82, 2.24) is 0 Å². The number of carboxylic acids is 1. The van der Waals surface area contributed by atoms with Crippen molar-refractivity contribution in [2.45, 2.75) is 19.8 Å². The van der Waals surface area contributed by atoms with Gasteiger partial charge in [-0.1, -0.05) is 15.9 Å². The van der Waals surface area contributed by atoms with Crippen molar-refractivity contribution in [1.29, 1.82) is 0 Å². The highest BCUT2D eigenvalue weighted by molar-refractivity contribution is 9.10. The summed E-state index contributed by atoms with van der Waals surface area (Å²) in [5.74, 6) is -1.03. The first-order chi connectivity index (χ1) is 8.95. The van der Waals surface area contributed by atoms with Crippen LogP contribution in [-0.2, 0) is 9.53 Å². The molecule has 5 nitrogen and oxygen atoms in total. The number of methoxy groups -OCH3 is 1. The van der Waals surface area contributed by atoms with E-state index in [1.54, 1.807) is 13.0 Å². The molecular formula is C13H15BrO5. The molecule has 0 bridgehead atoms. The van der Waals surface area contributed by atoms with Crippen LogP contribution in [-0.4, -0.2) is 30.8 Å². The second-order valence-corrected chi connectivity index (χ2v) is 4.85. The van der Waals surface area contributed by atoms with Gasteiger partial charge in [-0.25, -0.2) is 4.79 Å². The van der Waals surface area contributed by atoms with E-state index in [2.05, 4.69) is 20.7 Å².